The highest BCUT2D eigenvalue weighted by atomic mass is 32.2. The molecule has 2 atom stereocenters. The van der Waals surface area contributed by atoms with Crippen LogP contribution >= 0.6 is 0 Å². The average Bonchev–Trinajstić information content (AvgIpc) is 2.78. The van der Waals surface area contributed by atoms with E-state index in [2.05, 4.69) is 21.8 Å². The van der Waals surface area contributed by atoms with Gasteiger partial charge in [0.1, 0.15) is 22.6 Å². The highest BCUT2D eigenvalue weighted by Gasteiger charge is 2.40. The van der Waals surface area contributed by atoms with Gasteiger partial charge in [-0.2, -0.15) is 17.5 Å². The number of rotatable bonds is 5. The lowest BCUT2D eigenvalue weighted by Gasteiger charge is -2.39. The Labute approximate surface area is 193 Å². The molecule has 1 fully saturated rings. The van der Waals surface area contributed by atoms with Crippen molar-refractivity contribution in [3.8, 4) is 11.8 Å². The number of aromatic nitrogens is 2. The van der Waals surface area contributed by atoms with E-state index in [0.717, 1.165) is 18.5 Å². The lowest BCUT2D eigenvalue weighted by atomic mass is 10.1. The number of hydrogen-bond acceptors (Lipinski definition) is 7. The monoisotopic (exact) mass is 499 g/mol. The summed E-state index contributed by atoms with van der Waals surface area (Å²) in [5.74, 6) is 5.86. The molecule has 10 nitrogen and oxygen atoms in total. The van der Waals surface area contributed by atoms with Gasteiger partial charge in [0.05, 0.1) is 0 Å². The van der Waals surface area contributed by atoms with E-state index in [-0.39, 0.29) is 36.2 Å². The molecule has 1 aliphatic heterocycles. The quantitative estimate of drug-likeness (QED) is 0.532. The Balaban J connectivity index is 1.79. The average molecular weight is 499 g/mol. The summed E-state index contributed by atoms with van der Waals surface area (Å²) in [5.41, 5.74) is -0.413. The van der Waals surface area contributed by atoms with Crippen LogP contribution < -0.4 is 10.2 Å². The van der Waals surface area contributed by atoms with E-state index in [1.54, 1.807) is 11.8 Å². The normalized spacial score (nSPS) is 18.0. The molecule has 1 amide bonds. The van der Waals surface area contributed by atoms with Crippen LogP contribution in [0.25, 0.3) is 0 Å². The lowest BCUT2D eigenvalue weighted by Crippen LogP contribution is -2.54. The first-order chi connectivity index (χ1) is 15.9. The number of nitrogens with one attached hydrogen (secondary N) is 1. The molecule has 0 aromatic carbocycles. The third-order valence-corrected chi connectivity index (χ3v) is 6.80. The van der Waals surface area contributed by atoms with Crippen LogP contribution in [0.2, 0.25) is 0 Å². The van der Waals surface area contributed by atoms with Gasteiger partial charge in [0.15, 0.2) is 6.10 Å². The van der Waals surface area contributed by atoms with Crippen LogP contribution in [0.15, 0.2) is 41.6 Å². The van der Waals surface area contributed by atoms with E-state index >= 15 is 0 Å². The summed E-state index contributed by atoms with van der Waals surface area (Å²) in [6.07, 6.45) is -6.86. The van der Waals surface area contributed by atoms with Gasteiger partial charge in [0.25, 0.3) is 0 Å². The zero-order valence-electron chi connectivity index (χ0n) is 17.7. The standard InChI is InChI=1S/C20H20F3N5O5S/c1-2-3-14-12-27(34(32,33)15-5-6-16(24-11-15)26-19(30)31)8-9-28(14)17-7-4-13(10-25-17)18(29)20(21,22)23/h4-7,10-11,14,18,29H,8-9,12H2,1H3,(H,24,26)(H,30,31)/t14-,18?/m0/s1. The summed E-state index contributed by atoms with van der Waals surface area (Å²) in [4.78, 5) is 20.0. The minimum atomic E-state index is -4.82. The molecule has 0 saturated carbocycles. The third-order valence-electron chi connectivity index (χ3n) is 4.95. The Hall–Kier alpha value is -3.41. The summed E-state index contributed by atoms with van der Waals surface area (Å²) in [6, 6.07) is 4.24. The number of piperazine rings is 1. The predicted octanol–water partition coefficient (Wildman–Crippen LogP) is 2.06. The Morgan fingerprint density at radius 1 is 1.21 bits per heavy atom. The topological polar surface area (TPSA) is 136 Å². The van der Waals surface area contributed by atoms with Gasteiger partial charge in [0, 0.05) is 37.6 Å². The molecule has 1 saturated heterocycles. The molecule has 182 valence electrons. The van der Waals surface area contributed by atoms with Gasteiger partial charge in [-0.3, -0.25) is 5.32 Å². The Morgan fingerprint density at radius 2 is 1.94 bits per heavy atom. The van der Waals surface area contributed by atoms with Crippen LogP contribution in [0.3, 0.4) is 0 Å². The molecule has 0 bridgehead atoms. The van der Waals surface area contributed by atoms with Crippen molar-refractivity contribution in [3.05, 3.63) is 42.2 Å². The number of alkyl halides is 3. The van der Waals surface area contributed by atoms with Crippen molar-refractivity contribution in [2.24, 2.45) is 0 Å². The maximum atomic E-state index is 13.1. The van der Waals surface area contributed by atoms with Gasteiger partial charge >= 0.3 is 12.3 Å². The number of aliphatic hydroxyl groups excluding tert-OH is 1. The number of sulfonamides is 1. The minimum absolute atomic E-state index is 0.0313. The van der Waals surface area contributed by atoms with Gasteiger partial charge in [-0.15, -0.1) is 5.92 Å². The first-order valence-corrected chi connectivity index (χ1v) is 11.2. The van der Waals surface area contributed by atoms with Crippen molar-refractivity contribution in [2.75, 3.05) is 29.9 Å². The molecular formula is C20H20F3N5O5S. The molecular weight excluding hydrogens is 479 g/mol. The number of hydrogen-bond donors (Lipinski definition) is 3. The molecule has 3 heterocycles. The smallest absolute Gasteiger partial charge is 0.418 e. The molecule has 3 N–H and O–H groups in total. The van der Waals surface area contributed by atoms with Crippen LogP contribution in [0, 0.1) is 11.8 Å². The lowest BCUT2D eigenvalue weighted by molar-refractivity contribution is -0.206. The molecule has 1 aliphatic rings. The third kappa shape index (κ3) is 5.56. The number of carbonyl (C=O) groups is 1. The first-order valence-electron chi connectivity index (χ1n) is 9.79. The van der Waals surface area contributed by atoms with Gasteiger partial charge in [-0.25, -0.2) is 23.2 Å². The zero-order chi connectivity index (χ0) is 25.1. The molecule has 0 spiro atoms. The van der Waals surface area contributed by atoms with Crippen molar-refractivity contribution in [1.82, 2.24) is 14.3 Å². The van der Waals surface area contributed by atoms with E-state index in [4.69, 9.17) is 5.11 Å². The van der Waals surface area contributed by atoms with Gasteiger partial charge < -0.3 is 15.1 Å². The maximum Gasteiger partial charge on any atom is 0.418 e. The highest BCUT2D eigenvalue weighted by molar-refractivity contribution is 7.89. The number of amides is 1. The van der Waals surface area contributed by atoms with Crippen LogP contribution in [0.1, 0.15) is 18.6 Å². The Morgan fingerprint density at radius 3 is 2.47 bits per heavy atom. The first kappa shape index (κ1) is 25.2. The molecule has 0 radical (unpaired) electrons. The fourth-order valence-corrected chi connectivity index (χ4v) is 4.71. The van der Waals surface area contributed by atoms with Crippen LogP contribution in [-0.4, -0.2) is 70.8 Å². The van der Waals surface area contributed by atoms with Crippen molar-refractivity contribution >= 4 is 27.8 Å². The summed E-state index contributed by atoms with van der Waals surface area (Å²) in [7, 11) is -3.98. The van der Waals surface area contributed by atoms with E-state index in [1.165, 1.54) is 22.5 Å². The van der Waals surface area contributed by atoms with Crippen molar-refractivity contribution in [1.29, 1.82) is 0 Å². The summed E-state index contributed by atoms with van der Waals surface area (Å²) in [6.45, 7) is 1.71. The molecule has 0 aliphatic carbocycles. The molecule has 1 unspecified atom stereocenters. The van der Waals surface area contributed by atoms with Gasteiger partial charge in [-0.05, 0) is 25.1 Å². The highest BCUT2D eigenvalue weighted by Crippen LogP contribution is 2.33. The molecule has 2 aromatic rings. The maximum absolute atomic E-state index is 13.1. The molecule has 34 heavy (non-hydrogen) atoms. The Bertz CT molecular complexity index is 1190. The van der Waals surface area contributed by atoms with Crippen LogP contribution in [-0.2, 0) is 10.0 Å². The van der Waals surface area contributed by atoms with E-state index in [0.29, 0.717) is 0 Å². The van der Waals surface area contributed by atoms with Crippen molar-refractivity contribution < 1.29 is 36.6 Å². The molecule has 3 rings (SSSR count). The fraction of sp³-hybridized carbons (Fsp3) is 0.350. The largest absolute Gasteiger partial charge is 0.465 e. The second-order valence-corrected chi connectivity index (χ2v) is 9.11. The predicted molar refractivity (Wildman–Crippen MR) is 114 cm³/mol. The fourth-order valence-electron chi connectivity index (χ4n) is 3.32. The number of aliphatic hydroxyl groups is 1. The van der Waals surface area contributed by atoms with E-state index in [9.17, 15) is 31.5 Å². The molecule has 2 aromatic heterocycles. The summed E-state index contributed by atoms with van der Waals surface area (Å²) < 4.78 is 65.5. The number of carboxylic acid groups (broad SMARTS) is 1. The van der Waals surface area contributed by atoms with Crippen LogP contribution in [0.5, 0.6) is 0 Å². The SMILES string of the molecule is CC#C[C@H]1CN(S(=O)(=O)c2ccc(NC(=O)O)nc2)CCN1c1ccc(C(O)C(F)(F)F)cn1. The second kappa shape index (κ2) is 9.84. The van der Waals surface area contributed by atoms with Crippen molar-refractivity contribution in [2.45, 2.75) is 30.1 Å². The van der Waals surface area contributed by atoms with Crippen molar-refractivity contribution in [3.63, 3.8) is 0 Å². The second-order valence-electron chi connectivity index (χ2n) is 7.17. The van der Waals surface area contributed by atoms with Crippen LogP contribution in [0.4, 0.5) is 29.6 Å². The van der Waals surface area contributed by atoms with E-state index < -0.39 is 40.0 Å². The van der Waals surface area contributed by atoms with Gasteiger partial charge in [0.2, 0.25) is 10.0 Å². The number of nitrogens with zero attached hydrogens (tertiary/aromatic N) is 4. The Kier molecular flexibility index (Phi) is 7.29. The summed E-state index contributed by atoms with van der Waals surface area (Å²) in [5, 5.41) is 20.1. The van der Waals surface area contributed by atoms with Gasteiger partial charge in [-0.1, -0.05) is 12.0 Å². The summed E-state index contributed by atoms with van der Waals surface area (Å²) >= 11 is 0. The van der Waals surface area contributed by atoms with E-state index in [1.807, 2.05) is 5.32 Å². The number of anilines is 2. The number of halogens is 3. The number of pyridine rings is 2. The zero-order valence-corrected chi connectivity index (χ0v) is 18.5. The molecule has 14 heteroatoms. The minimum Gasteiger partial charge on any atom is -0.465 e.